The molecule has 6 heteroatoms. The first-order valence-corrected chi connectivity index (χ1v) is 6.26. The summed E-state index contributed by atoms with van der Waals surface area (Å²) in [7, 11) is 0. The molecule has 0 aliphatic heterocycles. The van der Waals surface area contributed by atoms with Gasteiger partial charge in [0.2, 0.25) is 5.91 Å². The van der Waals surface area contributed by atoms with Crippen molar-refractivity contribution in [2.45, 2.75) is 6.54 Å². The molecular weight excluding hydrogens is 270 g/mol. The molecule has 0 bridgehead atoms. The zero-order valence-electron chi connectivity index (χ0n) is 11.1. The third-order valence-corrected chi connectivity index (χ3v) is 2.70. The number of hydrogen-bond donors (Lipinski definition) is 2. The maximum atomic E-state index is 11.8. The van der Waals surface area contributed by atoms with Gasteiger partial charge in [-0.15, -0.1) is 0 Å². The number of benzene rings is 1. The monoisotopic (exact) mass is 283 g/mol. The van der Waals surface area contributed by atoms with Crippen molar-refractivity contribution in [3.05, 3.63) is 59.5 Å². The van der Waals surface area contributed by atoms with E-state index in [9.17, 15) is 9.59 Å². The van der Waals surface area contributed by atoms with Crippen LogP contribution >= 0.6 is 0 Å². The number of nitrogens with zero attached hydrogens (tertiary/aromatic N) is 1. The Kier molecular flexibility index (Phi) is 4.72. The Morgan fingerprint density at radius 3 is 2.76 bits per heavy atom. The van der Waals surface area contributed by atoms with Crippen LogP contribution in [0.25, 0.3) is 0 Å². The van der Waals surface area contributed by atoms with Gasteiger partial charge in [-0.05, 0) is 30.3 Å². The van der Waals surface area contributed by atoms with Crippen LogP contribution in [0.5, 0.6) is 0 Å². The van der Waals surface area contributed by atoms with Crippen molar-refractivity contribution in [3.63, 3.8) is 0 Å². The van der Waals surface area contributed by atoms with E-state index in [2.05, 4.69) is 10.6 Å². The summed E-state index contributed by atoms with van der Waals surface area (Å²) < 4.78 is 5.07. The highest BCUT2D eigenvalue weighted by molar-refractivity contribution is 5.96. The number of nitrogens with one attached hydrogen (secondary N) is 2. The quantitative estimate of drug-likeness (QED) is 0.861. The molecule has 6 nitrogen and oxygen atoms in total. The summed E-state index contributed by atoms with van der Waals surface area (Å²) in [4.78, 5) is 23.4. The van der Waals surface area contributed by atoms with E-state index in [-0.39, 0.29) is 19.0 Å². The minimum atomic E-state index is -0.403. The van der Waals surface area contributed by atoms with Crippen LogP contribution in [0.15, 0.2) is 47.1 Å². The summed E-state index contributed by atoms with van der Waals surface area (Å²) >= 11 is 0. The molecule has 21 heavy (non-hydrogen) atoms. The summed E-state index contributed by atoms with van der Waals surface area (Å²) in [6.07, 6.45) is 1.52. The van der Waals surface area contributed by atoms with E-state index in [1.807, 2.05) is 6.07 Å². The molecular formula is C15H13N3O3. The van der Waals surface area contributed by atoms with Gasteiger partial charge in [0.05, 0.1) is 31.0 Å². The van der Waals surface area contributed by atoms with E-state index in [1.165, 1.54) is 12.3 Å². The molecule has 0 unspecified atom stereocenters. The second-order valence-electron chi connectivity index (χ2n) is 4.23. The lowest BCUT2D eigenvalue weighted by atomic mass is 10.1. The predicted molar refractivity (Wildman–Crippen MR) is 74.0 cm³/mol. The molecule has 0 aliphatic rings. The molecule has 1 aromatic heterocycles. The molecule has 106 valence electrons. The first-order valence-electron chi connectivity index (χ1n) is 6.26. The third-order valence-electron chi connectivity index (χ3n) is 2.70. The normalized spacial score (nSPS) is 9.67. The van der Waals surface area contributed by atoms with Crippen molar-refractivity contribution in [1.29, 1.82) is 5.26 Å². The molecule has 0 spiro atoms. The van der Waals surface area contributed by atoms with Crippen LogP contribution in [0.4, 0.5) is 0 Å². The summed E-state index contributed by atoms with van der Waals surface area (Å²) in [5.41, 5.74) is 0.734. The van der Waals surface area contributed by atoms with Crippen molar-refractivity contribution >= 4 is 11.8 Å². The van der Waals surface area contributed by atoms with Crippen molar-refractivity contribution in [1.82, 2.24) is 10.6 Å². The lowest BCUT2D eigenvalue weighted by Gasteiger charge is -2.06. The third kappa shape index (κ3) is 4.21. The van der Waals surface area contributed by atoms with Gasteiger partial charge in [-0.2, -0.15) is 5.26 Å². The Labute approximate surface area is 121 Å². The van der Waals surface area contributed by atoms with Gasteiger partial charge < -0.3 is 15.1 Å². The highest BCUT2D eigenvalue weighted by Gasteiger charge is 2.08. The van der Waals surface area contributed by atoms with Crippen LogP contribution < -0.4 is 10.6 Å². The lowest BCUT2D eigenvalue weighted by molar-refractivity contribution is -0.120. The van der Waals surface area contributed by atoms with Crippen molar-refractivity contribution in [2.24, 2.45) is 0 Å². The lowest BCUT2D eigenvalue weighted by Crippen LogP contribution is -2.36. The van der Waals surface area contributed by atoms with E-state index in [0.29, 0.717) is 16.9 Å². The van der Waals surface area contributed by atoms with Gasteiger partial charge >= 0.3 is 0 Å². The molecule has 0 saturated heterocycles. The van der Waals surface area contributed by atoms with Gasteiger partial charge in [0.1, 0.15) is 5.76 Å². The fourth-order valence-electron chi connectivity index (χ4n) is 1.65. The number of carbonyl (C=O) groups excluding carboxylic acids is 2. The minimum absolute atomic E-state index is 0.143. The minimum Gasteiger partial charge on any atom is -0.467 e. The molecule has 0 atom stereocenters. The van der Waals surface area contributed by atoms with Crippen LogP contribution in [0, 0.1) is 11.3 Å². The summed E-state index contributed by atoms with van der Waals surface area (Å²) in [5, 5.41) is 13.9. The molecule has 2 amide bonds. The van der Waals surface area contributed by atoms with E-state index in [0.717, 1.165) is 0 Å². The van der Waals surface area contributed by atoms with Crippen LogP contribution in [0.3, 0.4) is 0 Å². The van der Waals surface area contributed by atoms with Gasteiger partial charge in [0.25, 0.3) is 5.91 Å². The van der Waals surface area contributed by atoms with Crippen LogP contribution in [0.2, 0.25) is 0 Å². The van der Waals surface area contributed by atoms with E-state index < -0.39 is 5.91 Å². The zero-order valence-corrected chi connectivity index (χ0v) is 11.1. The summed E-state index contributed by atoms with van der Waals surface area (Å²) in [5.74, 6) is -0.0900. The van der Waals surface area contributed by atoms with Crippen molar-refractivity contribution in [3.8, 4) is 6.07 Å². The van der Waals surface area contributed by atoms with Crippen LogP contribution in [-0.2, 0) is 11.3 Å². The number of nitriles is 1. The van der Waals surface area contributed by atoms with E-state index in [4.69, 9.17) is 9.68 Å². The molecule has 1 aromatic carbocycles. The van der Waals surface area contributed by atoms with Gasteiger partial charge in [0, 0.05) is 5.56 Å². The zero-order chi connectivity index (χ0) is 15.1. The number of amides is 2. The second-order valence-corrected chi connectivity index (χ2v) is 4.23. The summed E-state index contributed by atoms with van der Waals surface area (Å²) in [6.45, 7) is 0.127. The van der Waals surface area contributed by atoms with Crippen LogP contribution in [-0.4, -0.2) is 18.4 Å². The van der Waals surface area contributed by atoms with Crippen molar-refractivity contribution in [2.75, 3.05) is 6.54 Å². The Morgan fingerprint density at radius 1 is 1.19 bits per heavy atom. The molecule has 2 aromatic rings. The van der Waals surface area contributed by atoms with Gasteiger partial charge in [-0.1, -0.05) is 6.07 Å². The molecule has 2 N–H and O–H groups in total. The smallest absolute Gasteiger partial charge is 0.251 e. The van der Waals surface area contributed by atoms with Crippen LogP contribution in [0.1, 0.15) is 21.7 Å². The largest absolute Gasteiger partial charge is 0.467 e. The first-order chi connectivity index (χ1) is 10.2. The molecule has 0 saturated carbocycles. The standard InChI is InChI=1S/C15H13N3O3/c16-8-11-3-1-4-12(7-11)15(20)18-10-14(19)17-9-13-5-2-6-21-13/h1-7H,9-10H2,(H,17,19)(H,18,20). The fourth-order valence-corrected chi connectivity index (χ4v) is 1.65. The maximum absolute atomic E-state index is 11.8. The molecule has 0 fully saturated rings. The van der Waals surface area contributed by atoms with Gasteiger partial charge in [-0.25, -0.2) is 0 Å². The Morgan fingerprint density at radius 2 is 2.05 bits per heavy atom. The topological polar surface area (TPSA) is 95.1 Å². The summed E-state index contributed by atoms with van der Waals surface area (Å²) in [6, 6.07) is 11.7. The Hall–Kier alpha value is -3.07. The number of furan rings is 1. The molecule has 2 rings (SSSR count). The average Bonchev–Trinajstić information content (AvgIpc) is 3.04. The first kappa shape index (κ1) is 14.3. The highest BCUT2D eigenvalue weighted by Crippen LogP contribution is 2.03. The van der Waals surface area contributed by atoms with Crippen molar-refractivity contribution < 1.29 is 14.0 Å². The fraction of sp³-hybridized carbons (Fsp3) is 0.133. The number of hydrogen-bond acceptors (Lipinski definition) is 4. The number of carbonyl (C=O) groups is 2. The number of rotatable bonds is 5. The highest BCUT2D eigenvalue weighted by atomic mass is 16.3. The molecule has 0 radical (unpaired) electrons. The molecule has 1 heterocycles. The van der Waals surface area contributed by atoms with E-state index in [1.54, 1.807) is 30.3 Å². The van der Waals surface area contributed by atoms with Gasteiger partial charge in [-0.3, -0.25) is 9.59 Å². The Balaban J connectivity index is 1.80. The second kappa shape index (κ2) is 6.91. The SMILES string of the molecule is N#Cc1cccc(C(=O)NCC(=O)NCc2ccco2)c1. The van der Waals surface area contributed by atoms with E-state index >= 15 is 0 Å². The predicted octanol–water partition coefficient (Wildman–Crippen LogP) is 1.20. The Bertz CT molecular complexity index is 672. The maximum Gasteiger partial charge on any atom is 0.251 e. The average molecular weight is 283 g/mol. The molecule has 0 aliphatic carbocycles. The van der Waals surface area contributed by atoms with Gasteiger partial charge in [0.15, 0.2) is 0 Å².